The number of carboxylic acids is 1. The number of aromatic nitrogens is 1. The van der Waals surface area contributed by atoms with Crippen LogP contribution in [0.25, 0.3) is 0 Å². The maximum atomic E-state index is 11.8. The molecule has 0 aromatic carbocycles. The van der Waals surface area contributed by atoms with E-state index in [0.29, 0.717) is 11.6 Å². The topological polar surface area (TPSA) is 84.3 Å². The molecule has 0 saturated heterocycles. The molecule has 0 radical (unpaired) electrons. The summed E-state index contributed by atoms with van der Waals surface area (Å²) in [6, 6.07) is 0. The molecule has 5 nitrogen and oxygen atoms in total. The van der Waals surface area contributed by atoms with E-state index in [-0.39, 0.29) is 5.75 Å². The fraction of sp³-hybridized carbons (Fsp3) is 0.667. The number of thiazole rings is 1. The van der Waals surface area contributed by atoms with E-state index < -0.39 is 21.1 Å². The molecule has 0 bridgehead atoms. The summed E-state index contributed by atoms with van der Waals surface area (Å²) in [4.78, 5) is 15.0. The summed E-state index contributed by atoms with van der Waals surface area (Å²) in [5.41, 5.74) is 0.442. The third-order valence-corrected chi connectivity index (χ3v) is 5.70. The molecule has 1 atom stereocenters. The standard InChI is InChI=1S/C12H19NO4S2/c1-8(2)4-5-11-13-10(6-18-11)7-19(16,17)9(3)12(14)15/h6,8-9H,4-5,7H2,1-3H3,(H,14,15)/t9-/m0/s1. The summed E-state index contributed by atoms with van der Waals surface area (Å²) in [6.45, 7) is 5.42. The summed E-state index contributed by atoms with van der Waals surface area (Å²) >= 11 is 1.43. The summed E-state index contributed by atoms with van der Waals surface area (Å²) in [6.07, 6.45) is 1.84. The van der Waals surface area contributed by atoms with Crippen molar-refractivity contribution < 1.29 is 18.3 Å². The van der Waals surface area contributed by atoms with Crippen LogP contribution >= 0.6 is 11.3 Å². The molecule has 0 amide bonds. The molecular formula is C12H19NO4S2. The van der Waals surface area contributed by atoms with Crippen LogP contribution in [0.15, 0.2) is 5.38 Å². The second-order valence-electron chi connectivity index (χ2n) is 4.95. The van der Waals surface area contributed by atoms with Gasteiger partial charge in [-0.25, -0.2) is 13.4 Å². The fourth-order valence-electron chi connectivity index (χ4n) is 1.43. The number of carboxylic acid groups (broad SMARTS) is 1. The monoisotopic (exact) mass is 305 g/mol. The third kappa shape index (κ3) is 4.91. The summed E-state index contributed by atoms with van der Waals surface area (Å²) in [5.74, 6) is -1.06. The average molecular weight is 305 g/mol. The molecule has 1 rings (SSSR count). The van der Waals surface area contributed by atoms with Crippen molar-refractivity contribution in [2.24, 2.45) is 5.92 Å². The molecule has 1 heterocycles. The largest absolute Gasteiger partial charge is 0.480 e. The predicted octanol–water partition coefficient (Wildman–Crippen LogP) is 2.12. The number of aryl methyl sites for hydroxylation is 1. The number of hydrogen-bond acceptors (Lipinski definition) is 5. The Morgan fingerprint density at radius 2 is 2.05 bits per heavy atom. The van der Waals surface area contributed by atoms with Gasteiger partial charge in [-0.05, 0) is 25.7 Å². The highest BCUT2D eigenvalue weighted by Gasteiger charge is 2.28. The molecule has 0 aliphatic carbocycles. The first-order valence-corrected chi connectivity index (χ1v) is 8.69. The van der Waals surface area contributed by atoms with Crippen LogP contribution in [-0.4, -0.2) is 29.7 Å². The van der Waals surface area contributed by atoms with Crippen molar-refractivity contribution in [1.29, 1.82) is 0 Å². The van der Waals surface area contributed by atoms with Gasteiger partial charge in [-0.15, -0.1) is 11.3 Å². The zero-order chi connectivity index (χ0) is 14.6. The number of hydrogen-bond donors (Lipinski definition) is 1. The Kier molecular flexibility index (Phi) is 5.49. The minimum absolute atomic E-state index is 0.307. The number of aliphatic carboxylic acids is 1. The average Bonchev–Trinajstić information content (AvgIpc) is 2.72. The lowest BCUT2D eigenvalue weighted by Gasteiger charge is -2.06. The molecule has 108 valence electrons. The van der Waals surface area contributed by atoms with E-state index in [1.807, 2.05) is 0 Å². The molecule has 0 saturated carbocycles. The van der Waals surface area contributed by atoms with Gasteiger partial charge in [-0.2, -0.15) is 0 Å². The molecule has 7 heteroatoms. The number of nitrogens with zero attached hydrogens (tertiary/aromatic N) is 1. The van der Waals surface area contributed by atoms with Crippen molar-refractivity contribution in [2.45, 2.75) is 44.6 Å². The van der Waals surface area contributed by atoms with Crippen molar-refractivity contribution in [1.82, 2.24) is 4.98 Å². The van der Waals surface area contributed by atoms with E-state index in [1.54, 1.807) is 5.38 Å². The lowest BCUT2D eigenvalue weighted by molar-refractivity contribution is -0.136. The first kappa shape index (κ1) is 16.1. The van der Waals surface area contributed by atoms with Crippen LogP contribution in [-0.2, 0) is 26.8 Å². The molecule has 0 aliphatic heterocycles. The molecule has 0 fully saturated rings. The molecule has 0 aliphatic rings. The Bertz CT molecular complexity index is 534. The van der Waals surface area contributed by atoms with Gasteiger partial charge >= 0.3 is 5.97 Å². The van der Waals surface area contributed by atoms with Crippen molar-refractivity contribution in [3.05, 3.63) is 16.1 Å². The summed E-state index contributed by atoms with van der Waals surface area (Å²) < 4.78 is 23.6. The zero-order valence-electron chi connectivity index (χ0n) is 11.3. The molecule has 1 aromatic heterocycles. The van der Waals surface area contributed by atoms with Crippen LogP contribution in [0.3, 0.4) is 0 Å². The van der Waals surface area contributed by atoms with Crippen molar-refractivity contribution in [3.8, 4) is 0 Å². The number of sulfone groups is 1. The smallest absolute Gasteiger partial charge is 0.321 e. The third-order valence-electron chi connectivity index (χ3n) is 2.77. The van der Waals surface area contributed by atoms with Gasteiger partial charge in [0.15, 0.2) is 15.1 Å². The number of carbonyl (C=O) groups is 1. The first-order chi connectivity index (χ1) is 8.72. The van der Waals surface area contributed by atoms with Crippen LogP contribution < -0.4 is 0 Å². The summed E-state index contributed by atoms with van der Waals surface area (Å²) in [7, 11) is -3.69. The van der Waals surface area contributed by atoms with Gasteiger partial charge in [0.25, 0.3) is 0 Å². The number of rotatable bonds is 7. The van der Waals surface area contributed by atoms with E-state index in [4.69, 9.17) is 5.11 Å². The highest BCUT2D eigenvalue weighted by Crippen LogP contribution is 2.17. The van der Waals surface area contributed by atoms with Crippen molar-refractivity contribution >= 4 is 27.1 Å². The van der Waals surface area contributed by atoms with Gasteiger partial charge in [0.05, 0.1) is 16.5 Å². The van der Waals surface area contributed by atoms with Crippen molar-refractivity contribution in [3.63, 3.8) is 0 Å². The van der Waals surface area contributed by atoms with E-state index >= 15 is 0 Å². The van der Waals surface area contributed by atoms with Crippen LogP contribution in [0, 0.1) is 5.92 Å². The van der Waals surface area contributed by atoms with Crippen LogP contribution in [0.2, 0.25) is 0 Å². The minimum Gasteiger partial charge on any atom is -0.480 e. The van der Waals surface area contributed by atoms with Gasteiger partial charge in [0.2, 0.25) is 0 Å². The maximum Gasteiger partial charge on any atom is 0.321 e. The van der Waals surface area contributed by atoms with E-state index in [9.17, 15) is 13.2 Å². The molecule has 0 spiro atoms. The highest BCUT2D eigenvalue weighted by molar-refractivity contribution is 7.91. The van der Waals surface area contributed by atoms with Crippen LogP contribution in [0.4, 0.5) is 0 Å². The zero-order valence-corrected chi connectivity index (χ0v) is 12.9. The SMILES string of the molecule is CC(C)CCc1nc(CS(=O)(=O)[C@@H](C)C(=O)O)cs1. The first-order valence-electron chi connectivity index (χ1n) is 6.10. The van der Waals surface area contributed by atoms with Gasteiger partial charge in [-0.3, -0.25) is 4.79 Å². The second kappa shape index (κ2) is 6.47. The Morgan fingerprint density at radius 3 is 2.58 bits per heavy atom. The van der Waals surface area contributed by atoms with Gasteiger partial charge in [0, 0.05) is 5.38 Å². The second-order valence-corrected chi connectivity index (χ2v) is 8.22. The maximum absolute atomic E-state index is 11.8. The van der Waals surface area contributed by atoms with E-state index in [0.717, 1.165) is 17.8 Å². The van der Waals surface area contributed by atoms with Crippen LogP contribution in [0.1, 0.15) is 37.9 Å². The highest BCUT2D eigenvalue weighted by atomic mass is 32.2. The minimum atomic E-state index is -3.69. The van der Waals surface area contributed by atoms with Gasteiger partial charge in [0.1, 0.15) is 0 Å². The predicted molar refractivity (Wildman–Crippen MR) is 75.0 cm³/mol. The molecular weight excluding hydrogens is 286 g/mol. The van der Waals surface area contributed by atoms with Gasteiger partial charge < -0.3 is 5.11 Å². The molecule has 0 unspecified atom stereocenters. The molecule has 1 N–H and O–H groups in total. The quantitative estimate of drug-likeness (QED) is 0.834. The Balaban J connectivity index is 2.70. The van der Waals surface area contributed by atoms with Crippen LogP contribution in [0.5, 0.6) is 0 Å². The van der Waals surface area contributed by atoms with Gasteiger partial charge in [-0.1, -0.05) is 13.8 Å². The lowest BCUT2D eigenvalue weighted by Crippen LogP contribution is -2.28. The Labute approximate surface area is 117 Å². The molecule has 1 aromatic rings. The van der Waals surface area contributed by atoms with E-state index in [1.165, 1.54) is 18.3 Å². The summed E-state index contributed by atoms with van der Waals surface area (Å²) in [5, 5.41) is 9.95. The van der Waals surface area contributed by atoms with E-state index in [2.05, 4.69) is 18.8 Å². The van der Waals surface area contributed by atoms with Crippen molar-refractivity contribution in [2.75, 3.05) is 0 Å². The lowest BCUT2D eigenvalue weighted by atomic mass is 10.1. The molecule has 19 heavy (non-hydrogen) atoms. The Hall–Kier alpha value is -0.950. The fourth-order valence-corrected chi connectivity index (χ4v) is 3.46. The normalized spacial score (nSPS) is 13.7. The Morgan fingerprint density at radius 1 is 1.42 bits per heavy atom.